The van der Waals surface area contributed by atoms with Gasteiger partial charge in [0, 0.05) is 35.2 Å². The first-order chi connectivity index (χ1) is 26.6. The summed E-state index contributed by atoms with van der Waals surface area (Å²) >= 11 is 0. The zero-order valence-electron chi connectivity index (χ0n) is 33.3. The number of rotatable bonds is 12. The van der Waals surface area contributed by atoms with E-state index < -0.39 is 73.2 Å². The molecule has 1 aromatic heterocycles. The van der Waals surface area contributed by atoms with Gasteiger partial charge < -0.3 is 29.6 Å². The highest BCUT2D eigenvalue weighted by molar-refractivity contribution is 7.54. The first kappa shape index (κ1) is 43.5. The molecule has 3 heterocycles. The Morgan fingerprint density at radius 2 is 1.46 bits per heavy atom. The number of aromatic amines is 1. The van der Waals surface area contributed by atoms with Gasteiger partial charge in [-0.25, -0.2) is 0 Å². The lowest BCUT2D eigenvalue weighted by Crippen LogP contribution is -2.56. The second kappa shape index (κ2) is 17.1. The fourth-order valence-corrected chi connectivity index (χ4v) is 7.91. The van der Waals surface area contributed by atoms with Crippen LogP contribution in [0.25, 0.3) is 10.9 Å². The molecule has 2 N–H and O–H groups in total. The highest BCUT2D eigenvalue weighted by Gasteiger charge is 2.56. The molecular weight excluding hydrogens is 765 g/mol. The number of para-hydroxylation sites is 1. The molecule has 17 heteroatoms. The molecule has 2 aliphatic rings. The lowest BCUT2D eigenvalue weighted by Gasteiger charge is -2.36. The molecule has 0 radical (unpaired) electrons. The number of aromatic nitrogens is 1. The number of carbonyl (C=O) groups excluding carboxylic acids is 5. The molecule has 2 fully saturated rings. The van der Waals surface area contributed by atoms with E-state index in [0.29, 0.717) is 31.4 Å². The zero-order valence-corrected chi connectivity index (χ0v) is 34.2. The SMILES string of the molecule is CN(C(=O)[C@@H]1CC[C@@H]2CCCC[C@H](NC(=O)c3cc4cc(C(F)(F)P(=O)(OCOC(=O)C(C)(C)C)OCOC(=O)C(C)(C)C)ccc4[nH]3)C(=O)N21)c1ccccc1. The molecule has 0 unspecified atom stereocenters. The highest BCUT2D eigenvalue weighted by atomic mass is 31.2. The van der Waals surface area contributed by atoms with E-state index in [0.717, 1.165) is 25.0 Å². The average Bonchev–Trinajstić information content (AvgIpc) is 3.78. The summed E-state index contributed by atoms with van der Waals surface area (Å²) in [6.07, 6.45) is 3.71. The van der Waals surface area contributed by atoms with Gasteiger partial charge in [-0.15, -0.1) is 0 Å². The molecule has 2 saturated heterocycles. The van der Waals surface area contributed by atoms with Crippen LogP contribution in [0.3, 0.4) is 0 Å². The number of carbonyl (C=O) groups is 5. The summed E-state index contributed by atoms with van der Waals surface area (Å²) in [6, 6.07) is 11.8. The maximum atomic E-state index is 16.2. The maximum Gasteiger partial charge on any atom is 0.410 e. The van der Waals surface area contributed by atoms with Gasteiger partial charge in [0.05, 0.1) is 10.8 Å². The third-order valence-electron chi connectivity index (χ3n) is 10.0. The van der Waals surface area contributed by atoms with Gasteiger partial charge in [0.15, 0.2) is 0 Å². The van der Waals surface area contributed by atoms with Crippen LogP contribution in [0.4, 0.5) is 14.5 Å². The van der Waals surface area contributed by atoms with Gasteiger partial charge in [-0.1, -0.05) is 37.1 Å². The van der Waals surface area contributed by atoms with Gasteiger partial charge in [0.2, 0.25) is 25.4 Å². The number of alkyl halides is 2. The molecule has 310 valence electrons. The Labute approximate surface area is 330 Å². The van der Waals surface area contributed by atoms with Crippen LogP contribution in [-0.2, 0) is 47.9 Å². The van der Waals surface area contributed by atoms with Crippen LogP contribution >= 0.6 is 7.60 Å². The Morgan fingerprint density at radius 3 is 2.05 bits per heavy atom. The van der Waals surface area contributed by atoms with Gasteiger partial charge in [-0.05, 0) is 97.6 Å². The molecule has 3 aromatic rings. The predicted molar refractivity (Wildman–Crippen MR) is 206 cm³/mol. The van der Waals surface area contributed by atoms with Crippen LogP contribution in [0.1, 0.15) is 96.1 Å². The van der Waals surface area contributed by atoms with Crippen molar-refractivity contribution in [2.45, 2.75) is 104 Å². The minimum Gasteiger partial charge on any atom is -0.438 e. The predicted octanol–water partition coefficient (Wildman–Crippen LogP) is 7.23. The molecule has 0 spiro atoms. The number of hydrogen-bond donors (Lipinski definition) is 2. The largest absolute Gasteiger partial charge is 0.438 e. The summed E-state index contributed by atoms with van der Waals surface area (Å²) in [5.41, 5.74) is -6.32. The minimum atomic E-state index is -5.58. The number of benzene rings is 2. The molecule has 0 bridgehead atoms. The Hall–Kier alpha value is -4.66. The van der Waals surface area contributed by atoms with E-state index in [1.807, 2.05) is 30.3 Å². The van der Waals surface area contributed by atoms with Crippen LogP contribution < -0.4 is 10.2 Å². The van der Waals surface area contributed by atoms with Gasteiger partial charge in [-0.3, -0.25) is 37.6 Å². The smallest absolute Gasteiger partial charge is 0.410 e. The van der Waals surface area contributed by atoms with Crippen LogP contribution in [0.15, 0.2) is 54.6 Å². The summed E-state index contributed by atoms with van der Waals surface area (Å²) in [7, 11) is -3.91. The maximum absolute atomic E-state index is 16.2. The lowest BCUT2D eigenvalue weighted by molar-refractivity contribution is -0.163. The molecular formula is C40H51F2N4O10P. The van der Waals surface area contributed by atoms with Crippen molar-refractivity contribution in [2.75, 3.05) is 25.5 Å². The Balaban J connectivity index is 1.34. The molecule has 5 rings (SSSR count). The number of halogens is 2. The number of ether oxygens (including phenoxy) is 2. The highest BCUT2D eigenvalue weighted by Crippen LogP contribution is 2.67. The van der Waals surface area contributed by atoms with Crippen LogP contribution in [-0.4, -0.2) is 78.3 Å². The van der Waals surface area contributed by atoms with Crippen molar-refractivity contribution in [1.82, 2.24) is 15.2 Å². The van der Waals surface area contributed by atoms with Gasteiger partial charge in [-0.2, -0.15) is 8.78 Å². The number of likely N-dealkylation sites (N-methyl/N-ethyl adjacent to an activating group) is 1. The summed E-state index contributed by atoms with van der Waals surface area (Å²) in [5, 5.41) is 2.92. The number of hydrogen-bond acceptors (Lipinski definition) is 10. The van der Waals surface area contributed by atoms with E-state index in [1.54, 1.807) is 11.9 Å². The third kappa shape index (κ3) is 9.73. The molecule has 2 aliphatic heterocycles. The van der Waals surface area contributed by atoms with E-state index in [9.17, 15) is 28.5 Å². The minimum absolute atomic E-state index is 0.0337. The van der Waals surface area contributed by atoms with Crippen molar-refractivity contribution in [3.05, 3.63) is 65.9 Å². The standard InChI is InChI=1S/C40H51F2N4O10P/c1-38(2,3)36(50)53-23-55-57(52,56-24-54-37(51)39(4,5)6)40(41,42)26-17-19-29-25(21-26)22-31(43-29)33(47)44-30-16-12-11-15-28-18-20-32(46(28)34(30)48)35(49)45(7)27-13-9-8-10-14-27/h8-10,13-14,17,19,21-22,28,30,32,43H,11-12,15-16,18,20,23-24H2,1-7H3,(H,44,47)/t28-,30-,32-/m0/s1. The number of H-pyrrole nitrogens is 1. The molecule has 2 aromatic carbocycles. The molecule has 3 atom stereocenters. The summed E-state index contributed by atoms with van der Waals surface area (Å²) in [5.74, 6) is -2.89. The first-order valence-electron chi connectivity index (χ1n) is 18.8. The van der Waals surface area contributed by atoms with E-state index in [4.69, 9.17) is 18.5 Å². The van der Waals surface area contributed by atoms with Crippen molar-refractivity contribution in [3.63, 3.8) is 0 Å². The first-order valence-corrected chi connectivity index (χ1v) is 20.4. The van der Waals surface area contributed by atoms with Crippen molar-refractivity contribution in [2.24, 2.45) is 10.8 Å². The average molecular weight is 817 g/mol. The number of esters is 2. The topological polar surface area (TPSA) is 174 Å². The number of anilines is 1. The molecule has 57 heavy (non-hydrogen) atoms. The second-order valence-corrected chi connectivity index (χ2v) is 18.5. The van der Waals surface area contributed by atoms with Crippen molar-refractivity contribution >= 4 is 53.8 Å². The van der Waals surface area contributed by atoms with Crippen LogP contribution in [0.5, 0.6) is 0 Å². The van der Waals surface area contributed by atoms with E-state index in [-0.39, 0.29) is 34.5 Å². The van der Waals surface area contributed by atoms with Crippen molar-refractivity contribution in [3.8, 4) is 0 Å². The fourth-order valence-electron chi connectivity index (χ4n) is 6.68. The number of amides is 3. The molecule has 14 nitrogen and oxygen atoms in total. The Morgan fingerprint density at radius 1 is 0.860 bits per heavy atom. The summed E-state index contributed by atoms with van der Waals surface area (Å²) in [4.78, 5) is 72.0. The Kier molecular flexibility index (Phi) is 13.0. The third-order valence-corrected chi connectivity index (χ3v) is 11.8. The van der Waals surface area contributed by atoms with Gasteiger partial charge in [0.25, 0.3) is 5.91 Å². The van der Waals surface area contributed by atoms with Crippen LogP contribution in [0, 0.1) is 10.8 Å². The zero-order chi connectivity index (χ0) is 41.9. The van der Waals surface area contributed by atoms with E-state index in [2.05, 4.69) is 10.3 Å². The van der Waals surface area contributed by atoms with E-state index in [1.165, 1.54) is 58.6 Å². The second-order valence-electron chi connectivity index (χ2n) is 16.4. The Bertz CT molecular complexity index is 1990. The fraction of sp³-hybridized carbons (Fsp3) is 0.525. The molecule has 0 aliphatic carbocycles. The number of nitrogens with zero attached hydrogens (tertiary/aromatic N) is 2. The molecule has 0 saturated carbocycles. The summed E-state index contributed by atoms with van der Waals surface area (Å²) < 4.78 is 66.0. The summed E-state index contributed by atoms with van der Waals surface area (Å²) in [6.45, 7) is 6.84. The quantitative estimate of drug-likeness (QED) is 0.108. The monoisotopic (exact) mass is 816 g/mol. The van der Waals surface area contributed by atoms with Gasteiger partial charge in [0.1, 0.15) is 17.8 Å². The van der Waals surface area contributed by atoms with Gasteiger partial charge >= 0.3 is 25.2 Å². The number of nitrogens with one attached hydrogen (secondary N) is 2. The normalized spacial score (nSPS) is 19.4. The van der Waals surface area contributed by atoms with E-state index >= 15 is 8.78 Å². The van der Waals surface area contributed by atoms with Crippen molar-refractivity contribution < 1.29 is 55.8 Å². The number of fused-ring (bicyclic) bond motifs is 2. The molecule has 3 amide bonds. The lowest BCUT2D eigenvalue weighted by atomic mass is 9.98. The van der Waals surface area contributed by atoms with Crippen molar-refractivity contribution in [1.29, 1.82) is 0 Å². The van der Waals surface area contributed by atoms with Crippen LogP contribution in [0.2, 0.25) is 0 Å².